The van der Waals surface area contributed by atoms with Crippen LogP contribution in [-0.2, 0) is 6.54 Å². The second kappa shape index (κ2) is 7.73. The second-order valence-electron chi connectivity index (χ2n) is 5.34. The van der Waals surface area contributed by atoms with Gasteiger partial charge in [-0.3, -0.25) is 0 Å². The predicted molar refractivity (Wildman–Crippen MR) is 79.9 cm³/mol. The van der Waals surface area contributed by atoms with Crippen LogP contribution in [0.5, 0.6) is 5.75 Å². The van der Waals surface area contributed by atoms with Crippen molar-refractivity contribution in [3.63, 3.8) is 0 Å². The third-order valence-corrected chi connectivity index (χ3v) is 2.97. The number of benzene rings is 1. The van der Waals surface area contributed by atoms with Crippen LogP contribution in [0.4, 0.5) is 0 Å². The van der Waals surface area contributed by atoms with Crippen molar-refractivity contribution in [2.24, 2.45) is 0 Å². The Bertz CT molecular complexity index is 388. The maximum Gasteiger partial charge on any atom is 0.123 e. The first-order valence-electron chi connectivity index (χ1n) is 6.76. The highest BCUT2D eigenvalue weighted by Gasteiger charge is 2.13. The Morgan fingerprint density at radius 1 is 1.37 bits per heavy atom. The molecule has 1 aromatic carbocycles. The van der Waals surface area contributed by atoms with Gasteiger partial charge in [-0.05, 0) is 45.0 Å². The van der Waals surface area contributed by atoms with Crippen LogP contribution in [0.2, 0.25) is 5.02 Å². The molecule has 0 amide bonds. The fraction of sp³-hybridized carbons (Fsp3) is 0.600. The topological polar surface area (TPSA) is 41.5 Å². The van der Waals surface area contributed by atoms with Gasteiger partial charge in [0.2, 0.25) is 0 Å². The molecule has 0 unspecified atom stereocenters. The minimum atomic E-state index is -0.701. The predicted octanol–water partition coefficient (Wildman–Crippen LogP) is 3.38. The van der Waals surface area contributed by atoms with Gasteiger partial charge in [0.1, 0.15) is 5.75 Å². The van der Waals surface area contributed by atoms with Crippen molar-refractivity contribution in [1.29, 1.82) is 0 Å². The van der Waals surface area contributed by atoms with Gasteiger partial charge in [-0.1, -0.05) is 18.5 Å². The van der Waals surface area contributed by atoms with E-state index in [0.29, 0.717) is 18.1 Å². The molecule has 0 bridgehead atoms. The number of aliphatic hydroxyl groups is 1. The number of hydrogen-bond donors (Lipinski definition) is 2. The second-order valence-corrected chi connectivity index (χ2v) is 5.78. The highest BCUT2D eigenvalue weighted by molar-refractivity contribution is 6.30. The smallest absolute Gasteiger partial charge is 0.123 e. The lowest BCUT2D eigenvalue weighted by Gasteiger charge is -2.18. The minimum Gasteiger partial charge on any atom is -0.493 e. The van der Waals surface area contributed by atoms with E-state index in [9.17, 15) is 5.11 Å². The number of halogens is 1. The third kappa shape index (κ3) is 6.81. The maximum absolute atomic E-state index is 9.67. The molecule has 0 saturated heterocycles. The Balaban J connectivity index is 2.60. The molecule has 0 spiro atoms. The maximum atomic E-state index is 9.67. The van der Waals surface area contributed by atoms with Crippen LogP contribution in [0.1, 0.15) is 39.2 Å². The Labute approximate surface area is 120 Å². The summed E-state index contributed by atoms with van der Waals surface area (Å²) in [5, 5.41) is 13.7. The summed E-state index contributed by atoms with van der Waals surface area (Å²) in [6, 6.07) is 5.63. The summed E-state index contributed by atoms with van der Waals surface area (Å²) in [7, 11) is 0. The zero-order valence-corrected chi connectivity index (χ0v) is 12.8. The Morgan fingerprint density at radius 3 is 2.74 bits per heavy atom. The van der Waals surface area contributed by atoms with E-state index in [4.69, 9.17) is 16.3 Å². The normalized spacial score (nSPS) is 11.6. The summed E-state index contributed by atoms with van der Waals surface area (Å²) >= 11 is 6.01. The van der Waals surface area contributed by atoms with Gasteiger partial charge in [-0.15, -0.1) is 0 Å². The van der Waals surface area contributed by atoms with Crippen molar-refractivity contribution in [2.45, 2.75) is 45.8 Å². The molecule has 0 fully saturated rings. The van der Waals surface area contributed by atoms with Gasteiger partial charge >= 0.3 is 0 Å². The summed E-state index contributed by atoms with van der Waals surface area (Å²) in [6.45, 7) is 7.89. The number of nitrogens with one attached hydrogen (secondary N) is 1. The van der Waals surface area contributed by atoms with E-state index in [1.165, 1.54) is 0 Å². The van der Waals surface area contributed by atoms with Crippen LogP contribution in [0.3, 0.4) is 0 Å². The molecule has 0 radical (unpaired) electrons. The Kier molecular flexibility index (Phi) is 6.63. The van der Waals surface area contributed by atoms with Gasteiger partial charge in [0.15, 0.2) is 0 Å². The summed E-state index contributed by atoms with van der Waals surface area (Å²) < 4.78 is 5.74. The summed E-state index contributed by atoms with van der Waals surface area (Å²) in [5.41, 5.74) is 0.351. The number of hydrogen-bond acceptors (Lipinski definition) is 3. The molecule has 19 heavy (non-hydrogen) atoms. The van der Waals surface area contributed by atoms with E-state index in [1.807, 2.05) is 18.2 Å². The van der Waals surface area contributed by atoms with Crippen molar-refractivity contribution in [1.82, 2.24) is 5.32 Å². The van der Waals surface area contributed by atoms with E-state index in [0.717, 1.165) is 30.8 Å². The first-order chi connectivity index (χ1) is 8.92. The van der Waals surface area contributed by atoms with Crippen LogP contribution in [0, 0.1) is 0 Å². The van der Waals surface area contributed by atoms with Gasteiger partial charge in [-0.25, -0.2) is 0 Å². The average molecular weight is 286 g/mol. The van der Waals surface area contributed by atoms with Gasteiger partial charge in [0.05, 0.1) is 12.2 Å². The van der Waals surface area contributed by atoms with Crippen LogP contribution >= 0.6 is 11.6 Å². The molecule has 0 aromatic heterocycles. The van der Waals surface area contributed by atoms with Crippen LogP contribution < -0.4 is 10.1 Å². The summed E-state index contributed by atoms with van der Waals surface area (Å²) in [4.78, 5) is 0. The van der Waals surface area contributed by atoms with Crippen molar-refractivity contribution < 1.29 is 9.84 Å². The van der Waals surface area contributed by atoms with Crippen molar-refractivity contribution in [3.05, 3.63) is 28.8 Å². The van der Waals surface area contributed by atoms with E-state index in [2.05, 4.69) is 12.2 Å². The quantitative estimate of drug-likeness (QED) is 0.720. The first kappa shape index (κ1) is 16.3. The van der Waals surface area contributed by atoms with Crippen molar-refractivity contribution in [3.8, 4) is 5.75 Å². The molecule has 0 aliphatic heterocycles. The molecule has 1 rings (SSSR count). The zero-order chi connectivity index (χ0) is 14.3. The Hall–Kier alpha value is -0.770. The molecule has 3 nitrogen and oxygen atoms in total. The largest absolute Gasteiger partial charge is 0.493 e. The average Bonchev–Trinajstić information content (AvgIpc) is 2.30. The monoisotopic (exact) mass is 285 g/mol. The molecule has 4 heteroatoms. The molecular weight excluding hydrogens is 262 g/mol. The van der Waals surface area contributed by atoms with E-state index >= 15 is 0 Å². The lowest BCUT2D eigenvalue weighted by molar-refractivity contribution is 0.0552. The molecule has 0 aliphatic rings. The molecule has 2 N–H and O–H groups in total. The SMILES string of the molecule is CCCNCc1cc(Cl)ccc1OCCC(C)(C)O. The van der Waals surface area contributed by atoms with Gasteiger partial charge in [0.25, 0.3) is 0 Å². The highest BCUT2D eigenvalue weighted by atomic mass is 35.5. The molecule has 0 aliphatic carbocycles. The van der Waals surface area contributed by atoms with Gasteiger partial charge in [0, 0.05) is 23.6 Å². The van der Waals surface area contributed by atoms with Crippen molar-refractivity contribution >= 4 is 11.6 Å². The molecular formula is C15H24ClNO2. The number of ether oxygens (including phenoxy) is 1. The van der Waals surface area contributed by atoms with Crippen LogP contribution in [0.25, 0.3) is 0 Å². The van der Waals surface area contributed by atoms with Crippen molar-refractivity contribution in [2.75, 3.05) is 13.2 Å². The van der Waals surface area contributed by atoms with E-state index in [-0.39, 0.29) is 0 Å². The number of rotatable bonds is 8. The first-order valence-corrected chi connectivity index (χ1v) is 7.14. The molecule has 1 aromatic rings. The van der Waals surface area contributed by atoms with Crippen LogP contribution in [0.15, 0.2) is 18.2 Å². The summed E-state index contributed by atoms with van der Waals surface area (Å²) in [6.07, 6.45) is 1.69. The molecule has 0 heterocycles. The zero-order valence-electron chi connectivity index (χ0n) is 12.0. The van der Waals surface area contributed by atoms with Gasteiger partial charge in [-0.2, -0.15) is 0 Å². The fourth-order valence-electron chi connectivity index (χ4n) is 1.64. The minimum absolute atomic E-state index is 0.492. The Morgan fingerprint density at radius 2 is 2.11 bits per heavy atom. The van der Waals surface area contributed by atoms with E-state index < -0.39 is 5.60 Å². The highest BCUT2D eigenvalue weighted by Crippen LogP contribution is 2.23. The lowest BCUT2D eigenvalue weighted by Crippen LogP contribution is -2.22. The fourth-order valence-corrected chi connectivity index (χ4v) is 1.83. The molecule has 0 saturated carbocycles. The molecule has 108 valence electrons. The lowest BCUT2D eigenvalue weighted by atomic mass is 10.1. The molecule has 0 atom stereocenters. The summed E-state index contributed by atoms with van der Waals surface area (Å²) in [5.74, 6) is 0.831. The van der Waals surface area contributed by atoms with E-state index in [1.54, 1.807) is 13.8 Å². The van der Waals surface area contributed by atoms with Gasteiger partial charge < -0.3 is 15.2 Å². The van der Waals surface area contributed by atoms with Crippen LogP contribution in [-0.4, -0.2) is 23.9 Å². The standard InChI is InChI=1S/C15H24ClNO2/c1-4-8-17-11-12-10-13(16)5-6-14(12)19-9-7-15(2,3)18/h5-6,10,17-18H,4,7-9,11H2,1-3H3. The third-order valence-electron chi connectivity index (χ3n) is 2.74.